The van der Waals surface area contributed by atoms with Crippen LogP contribution in [0.5, 0.6) is 5.75 Å². The summed E-state index contributed by atoms with van der Waals surface area (Å²) in [5.74, 6) is -0.107. The number of rotatable bonds is 5. The van der Waals surface area contributed by atoms with Crippen LogP contribution in [-0.4, -0.2) is 29.1 Å². The van der Waals surface area contributed by atoms with Gasteiger partial charge in [0.05, 0.1) is 15.6 Å². The van der Waals surface area contributed by atoms with Gasteiger partial charge in [0.1, 0.15) is 0 Å². The SMILES string of the molecule is CN(C)Cc1ccc(Nc2ccnc3ccc(-c4cc(Cl)c(O)c(Cl)c4)cc23)cc1. The highest BCUT2D eigenvalue weighted by Gasteiger charge is 2.10. The number of hydrogen-bond acceptors (Lipinski definition) is 4. The van der Waals surface area contributed by atoms with Gasteiger partial charge >= 0.3 is 0 Å². The van der Waals surface area contributed by atoms with Gasteiger partial charge in [0.25, 0.3) is 0 Å². The van der Waals surface area contributed by atoms with Crippen LogP contribution in [0.15, 0.2) is 66.9 Å². The molecule has 1 aromatic heterocycles. The fourth-order valence-corrected chi connectivity index (χ4v) is 3.87. The molecule has 0 aliphatic carbocycles. The lowest BCUT2D eigenvalue weighted by molar-refractivity contribution is 0.402. The van der Waals surface area contributed by atoms with Crippen molar-refractivity contribution >= 4 is 45.5 Å². The van der Waals surface area contributed by atoms with Gasteiger partial charge in [-0.15, -0.1) is 0 Å². The molecule has 3 aromatic carbocycles. The maximum atomic E-state index is 9.84. The fraction of sp³-hybridized carbons (Fsp3) is 0.125. The van der Waals surface area contributed by atoms with Gasteiger partial charge < -0.3 is 15.3 Å². The summed E-state index contributed by atoms with van der Waals surface area (Å²) in [7, 11) is 4.11. The number of phenols is 1. The number of nitrogens with zero attached hydrogens (tertiary/aromatic N) is 2. The van der Waals surface area contributed by atoms with Crippen LogP contribution in [0.4, 0.5) is 11.4 Å². The van der Waals surface area contributed by atoms with Gasteiger partial charge in [-0.1, -0.05) is 41.4 Å². The number of anilines is 2. The minimum atomic E-state index is -0.107. The van der Waals surface area contributed by atoms with E-state index in [2.05, 4.69) is 53.6 Å². The van der Waals surface area contributed by atoms with Crippen molar-refractivity contribution in [3.63, 3.8) is 0 Å². The topological polar surface area (TPSA) is 48.4 Å². The van der Waals surface area contributed by atoms with E-state index in [0.717, 1.165) is 39.9 Å². The highest BCUT2D eigenvalue weighted by atomic mass is 35.5. The first-order valence-corrected chi connectivity index (χ1v) is 10.2. The number of benzene rings is 3. The molecule has 0 saturated heterocycles. The van der Waals surface area contributed by atoms with Crippen LogP contribution in [0.3, 0.4) is 0 Å². The quantitative estimate of drug-likeness (QED) is 0.363. The zero-order valence-corrected chi connectivity index (χ0v) is 18.2. The Hall–Kier alpha value is -2.79. The van der Waals surface area contributed by atoms with Crippen molar-refractivity contribution in [3.05, 3.63) is 82.5 Å². The number of nitrogens with one attached hydrogen (secondary N) is 1. The standard InChI is InChI=1S/C24H21Cl2N3O/c1-29(2)14-15-3-6-18(7-4-15)28-23-9-10-27-22-8-5-16(11-19(22)23)17-12-20(25)24(30)21(26)13-17/h3-13,30H,14H2,1-2H3,(H,27,28). The Morgan fingerprint density at radius 1 is 0.900 bits per heavy atom. The van der Waals surface area contributed by atoms with Gasteiger partial charge in [-0.2, -0.15) is 0 Å². The molecular weight excluding hydrogens is 417 g/mol. The molecule has 0 unspecified atom stereocenters. The predicted molar refractivity (Wildman–Crippen MR) is 126 cm³/mol. The minimum Gasteiger partial charge on any atom is -0.505 e. The van der Waals surface area contributed by atoms with Gasteiger partial charge in [0, 0.05) is 29.5 Å². The van der Waals surface area contributed by atoms with E-state index in [-0.39, 0.29) is 15.8 Å². The average Bonchev–Trinajstić information content (AvgIpc) is 2.72. The molecule has 0 aliphatic rings. The third-order valence-corrected chi connectivity index (χ3v) is 5.40. The molecule has 0 amide bonds. The van der Waals surface area contributed by atoms with E-state index in [0.29, 0.717) is 0 Å². The second-order valence-electron chi connectivity index (χ2n) is 7.44. The van der Waals surface area contributed by atoms with E-state index in [1.807, 2.05) is 24.3 Å². The number of phenolic OH excluding ortho intramolecular Hbond substituents is 1. The summed E-state index contributed by atoms with van der Waals surface area (Å²) in [4.78, 5) is 6.62. The van der Waals surface area contributed by atoms with Crippen molar-refractivity contribution in [2.75, 3.05) is 19.4 Å². The summed E-state index contributed by atoms with van der Waals surface area (Å²) in [6.45, 7) is 0.902. The van der Waals surface area contributed by atoms with E-state index in [4.69, 9.17) is 23.2 Å². The van der Waals surface area contributed by atoms with E-state index in [1.165, 1.54) is 5.56 Å². The van der Waals surface area contributed by atoms with E-state index >= 15 is 0 Å². The zero-order valence-electron chi connectivity index (χ0n) is 16.7. The Labute approximate surface area is 185 Å². The molecule has 0 bridgehead atoms. The Morgan fingerprint density at radius 2 is 1.60 bits per heavy atom. The molecule has 2 N–H and O–H groups in total. The van der Waals surface area contributed by atoms with Crippen LogP contribution in [0.2, 0.25) is 10.0 Å². The normalized spacial score (nSPS) is 11.2. The Bertz CT molecular complexity index is 1180. The monoisotopic (exact) mass is 437 g/mol. The lowest BCUT2D eigenvalue weighted by Crippen LogP contribution is -2.10. The largest absolute Gasteiger partial charge is 0.505 e. The molecule has 0 spiro atoms. The Morgan fingerprint density at radius 3 is 2.27 bits per heavy atom. The Balaban J connectivity index is 1.70. The maximum absolute atomic E-state index is 9.84. The predicted octanol–water partition coefficient (Wildman–Crippen LogP) is 6.72. The molecule has 4 nitrogen and oxygen atoms in total. The highest BCUT2D eigenvalue weighted by Crippen LogP contribution is 2.37. The van der Waals surface area contributed by atoms with E-state index < -0.39 is 0 Å². The summed E-state index contributed by atoms with van der Waals surface area (Å²) >= 11 is 12.2. The third kappa shape index (κ3) is 4.36. The summed E-state index contributed by atoms with van der Waals surface area (Å²) < 4.78 is 0. The number of aromatic hydroxyl groups is 1. The third-order valence-electron chi connectivity index (χ3n) is 4.82. The maximum Gasteiger partial charge on any atom is 0.152 e. The van der Waals surface area contributed by atoms with Crippen molar-refractivity contribution in [3.8, 4) is 16.9 Å². The van der Waals surface area contributed by atoms with Gasteiger partial charge in [0.15, 0.2) is 5.75 Å². The molecule has 1 heterocycles. The molecule has 0 radical (unpaired) electrons. The summed E-state index contributed by atoms with van der Waals surface area (Å²) in [5, 5.41) is 14.8. The first kappa shape index (κ1) is 20.5. The van der Waals surface area contributed by atoms with Gasteiger partial charge in [0.2, 0.25) is 0 Å². The molecule has 0 fully saturated rings. The molecular formula is C24H21Cl2N3O. The lowest BCUT2D eigenvalue weighted by atomic mass is 10.0. The van der Waals surface area contributed by atoms with Crippen LogP contribution in [0.25, 0.3) is 22.0 Å². The molecule has 0 saturated carbocycles. The first-order chi connectivity index (χ1) is 14.4. The number of halogens is 2. The molecule has 6 heteroatoms. The van der Waals surface area contributed by atoms with Crippen LogP contribution in [-0.2, 0) is 6.54 Å². The van der Waals surface area contributed by atoms with Crippen LogP contribution in [0.1, 0.15) is 5.56 Å². The summed E-state index contributed by atoms with van der Waals surface area (Å²) in [5.41, 5.74) is 5.86. The summed E-state index contributed by atoms with van der Waals surface area (Å²) in [6, 6.07) is 19.7. The number of hydrogen-bond donors (Lipinski definition) is 2. The van der Waals surface area contributed by atoms with Crippen LogP contribution < -0.4 is 5.32 Å². The van der Waals surface area contributed by atoms with Crippen molar-refractivity contribution in [2.45, 2.75) is 6.54 Å². The van der Waals surface area contributed by atoms with Crippen LogP contribution in [0, 0.1) is 0 Å². The van der Waals surface area contributed by atoms with Crippen molar-refractivity contribution in [1.29, 1.82) is 0 Å². The molecule has 0 atom stereocenters. The second kappa shape index (κ2) is 8.52. The van der Waals surface area contributed by atoms with E-state index in [9.17, 15) is 5.11 Å². The first-order valence-electron chi connectivity index (χ1n) is 9.48. The molecule has 0 aliphatic heterocycles. The summed E-state index contributed by atoms with van der Waals surface area (Å²) in [6.07, 6.45) is 1.79. The second-order valence-corrected chi connectivity index (χ2v) is 8.25. The lowest BCUT2D eigenvalue weighted by Gasteiger charge is -2.13. The smallest absolute Gasteiger partial charge is 0.152 e. The van der Waals surface area contributed by atoms with Gasteiger partial charge in [-0.05, 0) is 73.3 Å². The van der Waals surface area contributed by atoms with Gasteiger partial charge in [-0.3, -0.25) is 4.98 Å². The van der Waals surface area contributed by atoms with Crippen molar-refractivity contribution in [1.82, 2.24) is 9.88 Å². The number of aromatic nitrogens is 1. The molecule has 30 heavy (non-hydrogen) atoms. The van der Waals surface area contributed by atoms with E-state index in [1.54, 1.807) is 18.3 Å². The van der Waals surface area contributed by atoms with Crippen molar-refractivity contribution < 1.29 is 5.11 Å². The van der Waals surface area contributed by atoms with Crippen molar-refractivity contribution in [2.24, 2.45) is 0 Å². The minimum absolute atomic E-state index is 0.107. The average molecular weight is 438 g/mol. The number of pyridine rings is 1. The zero-order chi connectivity index (χ0) is 21.3. The fourth-order valence-electron chi connectivity index (χ4n) is 3.38. The highest BCUT2D eigenvalue weighted by molar-refractivity contribution is 6.37. The van der Waals surface area contributed by atoms with Gasteiger partial charge in [-0.25, -0.2) is 0 Å². The van der Waals surface area contributed by atoms with Crippen LogP contribution >= 0.6 is 23.2 Å². The molecule has 4 aromatic rings. The Kier molecular flexibility index (Phi) is 5.82. The number of fused-ring (bicyclic) bond motifs is 1. The molecule has 152 valence electrons. The molecule has 4 rings (SSSR count).